The lowest BCUT2D eigenvalue weighted by Gasteiger charge is -2.42. The number of piperidine rings is 1. The molecule has 3 fully saturated rings. The minimum absolute atomic E-state index is 0.0166. The van der Waals surface area contributed by atoms with Crippen molar-refractivity contribution >= 4 is 51.8 Å². The molecule has 0 aromatic heterocycles. The van der Waals surface area contributed by atoms with E-state index in [1.165, 1.54) is 12.0 Å². The molecule has 0 aromatic rings. The van der Waals surface area contributed by atoms with Crippen LogP contribution in [-0.4, -0.2) is 138 Å². The topological polar surface area (TPSA) is 184 Å². The van der Waals surface area contributed by atoms with Crippen LogP contribution in [0.2, 0.25) is 0 Å². The van der Waals surface area contributed by atoms with Crippen LogP contribution in [0, 0.1) is 35.5 Å². The van der Waals surface area contributed by atoms with Crippen LogP contribution in [0.1, 0.15) is 132 Å². The summed E-state index contributed by atoms with van der Waals surface area (Å²) in [6.45, 7) is 13.6. The number of allylic oxidation sites excluding steroid dienone is 6. The van der Waals surface area contributed by atoms with Crippen molar-refractivity contribution in [2.24, 2.45) is 35.5 Å². The van der Waals surface area contributed by atoms with Crippen LogP contribution in [0.25, 0.3) is 0 Å². The molecule has 15 heteroatoms. The first-order valence-electron chi connectivity index (χ1n) is 25.5. The van der Waals surface area contributed by atoms with Crippen LogP contribution >= 0.6 is 22.6 Å². The Morgan fingerprint density at radius 2 is 1.61 bits per heavy atom. The van der Waals surface area contributed by atoms with Crippen molar-refractivity contribution in [2.75, 3.05) is 38.9 Å². The predicted molar refractivity (Wildman–Crippen MR) is 272 cm³/mol. The highest BCUT2D eigenvalue weighted by Crippen LogP contribution is 2.38. The SMILES string of the molecule is CO[C@H]1CC2CC[C@@H](C)[C@@](O)(O2)C(=O)C(=O)N2CCCC[C@H]2C(=O)OC(C(C)C[C@@H]2CC[C@@H](OCCCI)[C@H](OC)C2)CC(=O)[C@H](C)/C=C(\C)[C@@H](O)[C@@H](OC)C(=O)[C@H](C)C[C@H](C)/C=C/C=CC=C1C. The molecule has 1 amide bonds. The van der Waals surface area contributed by atoms with Gasteiger partial charge in [0.25, 0.3) is 11.7 Å². The first kappa shape index (κ1) is 58.9. The molecule has 14 nitrogen and oxygen atoms in total. The molecule has 2 N–H and O–H groups in total. The number of alkyl halides is 1. The number of ether oxygens (including phenoxy) is 6. The van der Waals surface area contributed by atoms with E-state index in [1.54, 1.807) is 41.1 Å². The number of methoxy groups -OCH3 is 3. The lowest BCUT2D eigenvalue weighted by molar-refractivity contribution is -0.265. The van der Waals surface area contributed by atoms with Gasteiger partial charge in [-0.2, -0.15) is 0 Å². The molecule has 3 unspecified atom stereocenters. The molecule has 2 saturated heterocycles. The highest BCUT2D eigenvalue weighted by Gasteiger charge is 2.53. The molecule has 2 bridgehead atoms. The fourth-order valence-corrected chi connectivity index (χ4v) is 10.9. The number of amides is 1. The minimum Gasteiger partial charge on any atom is -0.460 e. The average molecular weight is 1080 g/mol. The molecule has 0 radical (unpaired) electrons. The Hall–Kier alpha value is -2.64. The molecular formula is C54H84INO13. The second-order valence-electron chi connectivity index (χ2n) is 20.5. The van der Waals surface area contributed by atoms with Crippen LogP contribution in [0.15, 0.2) is 47.6 Å². The Morgan fingerprint density at radius 1 is 0.870 bits per heavy atom. The Labute approximate surface area is 425 Å². The first-order chi connectivity index (χ1) is 32.8. The number of cyclic esters (lactones) is 1. The second-order valence-corrected chi connectivity index (χ2v) is 21.6. The van der Waals surface area contributed by atoms with Gasteiger partial charge in [0.15, 0.2) is 5.78 Å². The van der Waals surface area contributed by atoms with Gasteiger partial charge in [-0.15, -0.1) is 0 Å². The van der Waals surface area contributed by atoms with Gasteiger partial charge in [0.1, 0.15) is 30.1 Å². The molecule has 390 valence electrons. The van der Waals surface area contributed by atoms with Crippen molar-refractivity contribution in [1.82, 2.24) is 4.90 Å². The molecule has 0 spiro atoms. The van der Waals surface area contributed by atoms with E-state index in [2.05, 4.69) is 22.6 Å². The van der Waals surface area contributed by atoms with Gasteiger partial charge in [-0.3, -0.25) is 19.2 Å². The van der Waals surface area contributed by atoms with E-state index in [4.69, 9.17) is 28.4 Å². The molecule has 4 aliphatic rings. The number of ketones is 3. The molecule has 3 aliphatic heterocycles. The maximum Gasteiger partial charge on any atom is 0.329 e. The van der Waals surface area contributed by atoms with Crippen LogP contribution < -0.4 is 0 Å². The summed E-state index contributed by atoms with van der Waals surface area (Å²) in [5.74, 6) is -7.71. The number of nitrogens with zero attached hydrogens (tertiary/aromatic N) is 1. The van der Waals surface area contributed by atoms with Crippen molar-refractivity contribution in [1.29, 1.82) is 0 Å². The van der Waals surface area contributed by atoms with E-state index in [0.29, 0.717) is 57.1 Å². The largest absolute Gasteiger partial charge is 0.460 e. The van der Waals surface area contributed by atoms with Crippen LogP contribution in [-0.2, 0) is 52.4 Å². The van der Waals surface area contributed by atoms with E-state index in [9.17, 15) is 34.2 Å². The molecule has 1 saturated carbocycles. The molecule has 15 atom stereocenters. The van der Waals surface area contributed by atoms with Gasteiger partial charge in [0.2, 0.25) is 5.79 Å². The van der Waals surface area contributed by atoms with Crippen molar-refractivity contribution in [3.63, 3.8) is 0 Å². The summed E-state index contributed by atoms with van der Waals surface area (Å²) in [6, 6.07) is -1.13. The summed E-state index contributed by atoms with van der Waals surface area (Å²) in [4.78, 5) is 72.3. The first-order valence-corrected chi connectivity index (χ1v) is 27.0. The Kier molecular flexibility index (Phi) is 24.4. The number of esters is 1. The molecular weight excluding hydrogens is 997 g/mol. The number of rotatable bonds is 10. The van der Waals surface area contributed by atoms with Crippen molar-refractivity contribution < 1.29 is 62.6 Å². The van der Waals surface area contributed by atoms with E-state index >= 15 is 0 Å². The Balaban J connectivity index is 1.69. The Morgan fingerprint density at radius 3 is 2.29 bits per heavy atom. The van der Waals surface area contributed by atoms with Gasteiger partial charge in [-0.05, 0) is 113 Å². The van der Waals surface area contributed by atoms with Crippen LogP contribution in [0.5, 0.6) is 0 Å². The van der Waals surface area contributed by atoms with E-state index in [-0.39, 0.29) is 60.9 Å². The summed E-state index contributed by atoms with van der Waals surface area (Å²) < 4.78 is 37.1. The normalized spacial score (nSPS) is 37.6. The molecule has 69 heavy (non-hydrogen) atoms. The standard InChI is InChI=1S/C54H84INO13/c1-33-17-12-11-13-18-34(2)45(64-8)31-41-22-20-39(7)54(63,69-41)51(60)52(61)56-25-15-14-19-42(56)53(62)68-46(36(4)29-40-21-23-44(47(30-40)65-9)67-26-16-24-55)32-43(57)35(3)28-38(6)49(59)50(66-10)48(58)37(5)27-33/h11-13,17-18,28,33,35-37,39-42,44-47,49-50,59,63H,14-16,19-27,29-32H2,1-10H3/b13-11?,17-12+,34-18?,38-28+/t33-,35-,36?,37-,39-,40+,41?,42+,44-,45+,46?,47-,49-,50+,54-/m1/s1. The third kappa shape index (κ3) is 16.4. The quantitative estimate of drug-likeness (QED) is 0.0536. The zero-order valence-electron chi connectivity index (χ0n) is 43.1. The molecule has 1 aliphatic carbocycles. The van der Waals surface area contributed by atoms with Crippen LogP contribution in [0.4, 0.5) is 0 Å². The van der Waals surface area contributed by atoms with Gasteiger partial charge >= 0.3 is 5.97 Å². The van der Waals surface area contributed by atoms with Crippen molar-refractivity contribution in [3.05, 3.63) is 47.6 Å². The van der Waals surface area contributed by atoms with Gasteiger partial charge in [0, 0.05) is 69.5 Å². The molecule has 4 rings (SSSR count). The third-order valence-corrected chi connectivity index (χ3v) is 15.8. The van der Waals surface area contributed by atoms with E-state index in [1.807, 2.05) is 58.1 Å². The number of fused-ring (bicyclic) bond motifs is 3. The maximum atomic E-state index is 14.5. The summed E-state index contributed by atoms with van der Waals surface area (Å²) in [7, 11) is 4.67. The van der Waals surface area contributed by atoms with E-state index < -0.39 is 77.8 Å². The zero-order valence-corrected chi connectivity index (χ0v) is 45.2. The fourth-order valence-electron chi connectivity index (χ4n) is 10.6. The lowest BCUT2D eigenvalue weighted by Crippen LogP contribution is -2.61. The van der Waals surface area contributed by atoms with Gasteiger partial charge < -0.3 is 43.5 Å². The maximum absolute atomic E-state index is 14.5. The monoisotopic (exact) mass is 1080 g/mol. The zero-order chi connectivity index (χ0) is 51.0. The number of aliphatic hydroxyl groups excluding tert-OH is 1. The van der Waals surface area contributed by atoms with Gasteiger partial charge in [-0.1, -0.05) is 93.7 Å². The lowest BCUT2D eigenvalue weighted by atomic mass is 9.78. The number of aliphatic hydroxyl groups is 2. The van der Waals surface area contributed by atoms with Crippen molar-refractivity contribution in [3.8, 4) is 0 Å². The number of hydrogen-bond donors (Lipinski definition) is 2. The summed E-state index contributed by atoms with van der Waals surface area (Å²) >= 11 is 2.34. The summed E-state index contributed by atoms with van der Waals surface area (Å²) in [5.41, 5.74) is 1.29. The third-order valence-electron chi connectivity index (χ3n) is 15.1. The molecule has 3 heterocycles. The number of halogens is 1. The van der Waals surface area contributed by atoms with Crippen LogP contribution in [0.3, 0.4) is 0 Å². The summed E-state index contributed by atoms with van der Waals surface area (Å²) in [6.07, 6.45) is 13.8. The average Bonchev–Trinajstić information content (AvgIpc) is 3.33. The van der Waals surface area contributed by atoms with Gasteiger partial charge in [0.05, 0.1) is 24.4 Å². The number of Topliss-reactive ketones (excluding diaryl/α,β-unsaturated/α-hetero) is 3. The van der Waals surface area contributed by atoms with Crippen molar-refractivity contribution in [2.45, 2.75) is 186 Å². The smallest absolute Gasteiger partial charge is 0.329 e. The van der Waals surface area contributed by atoms with E-state index in [0.717, 1.165) is 35.7 Å². The number of carbonyl (C=O) groups excluding carboxylic acids is 5. The summed E-state index contributed by atoms with van der Waals surface area (Å²) in [5, 5.41) is 23.5. The van der Waals surface area contributed by atoms with Gasteiger partial charge in [-0.25, -0.2) is 4.79 Å². The minimum atomic E-state index is -2.42. The molecule has 0 aromatic carbocycles. The number of carbonyl (C=O) groups is 5. The Bertz CT molecular complexity index is 1830. The highest BCUT2D eigenvalue weighted by molar-refractivity contribution is 14.1. The number of hydrogen-bond acceptors (Lipinski definition) is 13. The fraction of sp³-hybridized carbons (Fsp3) is 0.759. The predicted octanol–water partition coefficient (Wildman–Crippen LogP) is 8.03. The second kappa shape index (κ2) is 28.6. The highest BCUT2D eigenvalue weighted by atomic mass is 127.